The molecule has 3 amide bonds. The van der Waals surface area contributed by atoms with Gasteiger partial charge in [0.15, 0.2) is 5.78 Å². The first-order valence-corrected chi connectivity index (χ1v) is 17.3. The van der Waals surface area contributed by atoms with Crippen LogP contribution in [0.5, 0.6) is 0 Å². The summed E-state index contributed by atoms with van der Waals surface area (Å²) in [5.41, 5.74) is 3.79. The van der Waals surface area contributed by atoms with E-state index >= 15 is 0 Å². The number of piperidine rings is 1. The molecule has 2 atom stereocenters. The molecule has 4 aromatic rings. The van der Waals surface area contributed by atoms with Crippen LogP contribution in [0.4, 0.5) is 5.69 Å². The SMILES string of the molecule is CC(=O)c1ccc(C(=O)N2CCC(C(=O)N[C@H](Cc3c[nH]c4ccccc34)C(=O)N3C[C@@H](CN(C)C)Cc4cc(Cl)ccc43)CC2)s1. The number of amides is 3. The summed E-state index contributed by atoms with van der Waals surface area (Å²) >= 11 is 7.59. The number of hydrogen-bond acceptors (Lipinski definition) is 6. The second-order valence-electron chi connectivity index (χ2n) is 13.0. The summed E-state index contributed by atoms with van der Waals surface area (Å²) in [4.78, 5) is 63.4. The van der Waals surface area contributed by atoms with Gasteiger partial charge in [-0.25, -0.2) is 0 Å². The monoisotopic (exact) mass is 673 g/mol. The van der Waals surface area contributed by atoms with Gasteiger partial charge >= 0.3 is 0 Å². The van der Waals surface area contributed by atoms with Crippen molar-refractivity contribution in [1.29, 1.82) is 0 Å². The first-order valence-electron chi connectivity index (χ1n) is 16.1. The second kappa shape index (κ2) is 14.0. The number of halogens is 1. The first kappa shape index (κ1) is 32.9. The number of aromatic nitrogens is 1. The van der Waals surface area contributed by atoms with Crippen molar-refractivity contribution >= 4 is 63.0 Å². The normalized spacial score (nSPS) is 17.5. The van der Waals surface area contributed by atoms with Gasteiger partial charge in [0.25, 0.3) is 5.91 Å². The fourth-order valence-corrected chi connectivity index (χ4v) is 7.97. The van der Waals surface area contributed by atoms with Crippen molar-refractivity contribution in [3.05, 3.63) is 86.7 Å². The van der Waals surface area contributed by atoms with E-state index < -0.39 is 6.04 Å². The number of H-pyrrole nitrogens is 1. The van der Waals surface area contributed by atoms with Crippen LogP contribution in [0.1, 0.15) is 50.2 Å². The fourth-order valence-electron chi connectivity index (χ4n) is 6.90. The van der Waals surface area contributed by atoms with E-state index in [9.17, 15) is 19.2 Å². The molecule has 0 spiro atoms. The summed E-state index contributed by atoms with van der Waals surface area (Å²) in [6.07, 6.45) is 4.05. The summed E-state index contributed by atoms with van der Waals surface area (Å²) in [5, 5.41) is 4.81. The number of anilines is 1. The average Bonchev–Trinajstić information content (AvgIpc) is 3.71. The molecule has 0 unspecified atom stereocenters. The number of benzene rings is 2. The van der Waals surface area contributed by atoms with E-state index in [2.05, 4.69) is 15.2 Å². The number of hydrogen-bond donors (Lipinski definition) is 2. The Balaban J connectivity index is 1.21. The van der Waals surface area contributed by atoms with Crippen molar-refractivity contribution in [3.63, 3.8) is 0 Å². The lowest BCUT2D eigenvalue weighted by Crippen LogP contribution is -2.54. The van der Waals surface area contributed by atoms with Gasteiger partial charge in [0.1, 0.15) is 6.04 Å². The molecule has 0 aliphatic carbocycles. The Kier molecular flexibility index (Phi) is 9.82. The summed E-state index contributed by atoms with van der Waals surface area (Å²) in [6.45, 7) is 3.70. The Morgan fingerprint density at radius 2 is 1.79 bits per heavy atom. The molecule has 246 valence electrons. The highest BCUT2D eigenvalue weighted by Crippen LogP contribution is 2.33. The first-order chi connectivity index (χ1) is 22.6. The third-order valence-electron chi connectivity index (χ3n) is 9.20. The minimum atomic E-state index is -0.792. The largest absolute Gasteiger partial charge is 0.361 e. The summed E-state index contributed by atoms with van der Waals surface area (Å²) in [7, 11) is 4.06. The molecule has 9 nitrogen and oxygen atoms in total. The van der Waals surface area contributed by atoms with Crippen LogP contribution in [0.15, 0.2) is 60.8 Å². The number of carbonyl (C=O) groups excluding carboxylic acids is 4. The van der Waals surface area contributed by atoms with Crippen LogP contribution < -0.4 is 10.2 Å². The maximum absolute atomic E-state index is 14.6. The molecule has 47 heavy (non-hydrogen) atoms. The van der Waals surface area contributed by atoms with E-state index in [4.69, 9.17) is 11.6 Å². The number of thiophene rings is 1. The van der Waals surface area contributed by atoms with Crippen molar-refractivity contribution < 1.29 is 19.2 Å². The molecular formula is C36H40ClN5O4S. The lowest BCUT2D eigenvalue weighted by atomic mass is 9.90. The van der Waals surface area contributed by atoms with E-state index in [1.165, 1.54) is 18.3 Å². The van der Waals surface area contributed by atoms with Crippen molar-refractivity contribution in [3.8, 4) is 0 Å². The number of carbonyl (C=O) groups is 4. The third-order valence-corrected chi connectivity index (χ3v) is 10.6. The Morgan fingerprint density at radius 3 is 2.51 bits per heavy atom. The summed E-state index contributed by atoms with van der Waals surface area (Å²) < 4.78 is 0. The average molecular weight is 674 g/mol. The van der Waals surface area contributed by atoms with Gasteiger partial charge in [0.2, 0.25) is 11.8 Å². The zero-order chi connectivity index (χ0) is 33.2. The molecule has 2 aliphatic rings. The standard InChI is InChI=1S/C36H40ClN5O4S/c1-22(43)32-10-11-33(47-32)36(46)41-14-12-24(13-15-41)34(44)39-30(18-26-19-38-29-7-5-4-6-28(26)29)35(45)42-21-23(20-40(2)3)16-25-17-27(37)8-9-31(25)42/h4-11,17,19,23-24,30,38H,12-16,18,20-21H2,1-3H3,(H,39,44)/t23-,30-/m1/s1. The molecule has 1 fully saturated rings. The molecule has 2 aromatic heterocycles. The topological polar surface area (TPSA) is 106 Å². The molecule has 1 saturated heterocycles. The quantitative estimate of drug-likeness (QED) is 0.231. The van der Waals surface area contributed by atoms with E-state index in [1.54, 1.807) is 17.0 Å². The minimum absolute atomic E-state index is 0.0637. The number of Topliss-reactive ketones (excluding diaryl/α,β-unsaturated/α-hetero) is 1. The number of rotatable bonds is 9. The number of aromatic amines is 1. The lowest BCUT2D eigenvalue weighted by molar-refractivity contribution is -0.131. The van der Waals surface area contributed by atoms with Gasteiger partial charge in [-0.2, -0.15) is 0 Å². The molecule has 2 N–H and O–H groups in total. The summed E-state index contributed by atoms with van der Waals surface area (Å²) in [5.74, 6) is -0.634. The molecule has 0 radical (unpaired) electrons. The zero-order valence-electron chi connectivity index (χ0n) is 26.9. The fraction of sp³-hybridized carbons (Fsp3) is 0.389. The molecule has 4 heterocycles. The Hall–Kier alpha value is -3.99. The van der Waals surface area contributed by atoms with Crippen LogP contribution in [0.2, 0.25) is 5.02 Å². The molecule has 0 bridgehead atoms. The number of para-hydroxylation sites is 1. The third kappa shape index (κ3) is 7.30. The lowest BCUT2D eigenvalue weighted by Gasteiger charge is -2.38. The molecule has 0 saturated carbocycles. The van der Waals surface area contributed by atoms with Crippen LogP contribution in [-0.2, 0) is 22.4 Å². The van der Waals surface area contributed by atoms with Gasteiger partial charge in [0.05, 0.1) is 9.75 Å². The number of ketones is 1. The van der Waals surface area contributed by atoms with Gasteiger partial charge in [-0.15, -0.1) is 11.3 Å². The van der Waals surface area contributed by atoms with Gasteiger partial charge in [-0.3, -0.25) is 19.2 Å². The number of nitrogens with zero attached hydrogens (tertiary/aromatic N) is 3. The van der Waals surface area contributed by atoms with Gasteiger partial charge in [-0.1, -0.05) is 29.8 Å². The van der Waals surface area contributed by atoms with Crippen molar-refractivity contribution in [1.82, 2.24) is 20.1 Å². The highest BCUT2D eigenvalue weighted by Gasteiger charge is 2.36. The van der Waals surface area contributed by atoms with E-state index in [1.807, 2.05) is 67.7 Å². The Bertz CT molecular complexity index is 1810. The molecule has 2 aliphatic heterocycles. The Labute approximate surface area is 283 Å². The zero-order valence-corrected chi connectivity index (χ0v) is 28.5. The maximum atomic E-state index is 14.6. The van der Waals surface area contributed by atoms with Crippen LogP contribution in [0.3, 0.4) is 0 Å². The molecule has 2 aromatic carbocycles. The number of nitrogens with one attached hydrogen (secondary N) is 2. The predicted octanol–water partition coefficient (Wildman–Crippen LogP) is 5.43. The van der Waals surface area contributed by atoms with Crippen LogP contribution in [-0.4, -0.2) is 84.6 Å². The van der Waals surface area contributed by atoms with E-state index in [0.717, 1.165) is 40.7 Å². The second-order valence-corrected chi connectivity index (χ2v) is 14.5. The highest BCUT2D eigenvalue weighted by molar-refractivity contribution is 7.15. The Morgan fingerprint density at radius 1 is 1.04 bits per heavy atom. The summed E-state index contributed by atoms with van der Waals surface area (Å²) in [6, 6.07) is 16.2. The molecular weight excluding hydrogens is 634 g/mol. The molecule has 11 heteroatoms. The van der Waals surface area contributed by atoms with Gasteiger partial charge < -0.3 is 25.0 Å². The van der Waals surface area contributed by atoms with Crippen LogP contribution >= 0.6 is 22.9 Å². The molecule has 6 rings (SSSR count). The van der Waals surface area contributed by atoms with Crippen molar-refractivity contribution in [2.45, 2.75) is 38.6 Å². The predicted molar refractivity (Wildman–Crippen MR) is 186 cm³/mol. The van der Waals surface area contributed by atoms with Gasteiger partial charge in [-0.05, 0) is 93.7 Å². The van der Waals surface area contributed by atoms with Crippen molar-refractivity contribution in [2.24, 2.45) is 11.8 Å². The van der Waals surface area contributed by atoms with Crippen LogP contribution in [0.25, 0.3) is 10.9 Å². The van der Waals surface area contributed by atoms with Gasteiger partial charge in [0, 0.05) is 66.3 Å². The highest BCUT2D eigenvalue weighted by atomic mass is 35.5. The maximum Gasteiger partial charge on any atom is 0.263 e. The van der Waals surface area contributed by atoms with Crippen molar-refractivity contribution in [2.75, 3.05) is 45.2 Å². The van der Waals surface area contributed by atoms with E-state index in [0.29, 0.717) is 53.7 Å². The number of likely N-dealkylation sites (tertiary alicyclic amines) is 1. The van der Waals surface area contributed by atoms with Crippen LogP contribution in [0, 0.1) is 11.8 Å². The number of fused-ring (bicyclic) bond motifs is 2. The smallest absolute Gasteiger partial charge is 0.263 e. The van der Waals surface area contributed by atoms with E-state index in [-0.39, 0.29) is 35.3 Å². The minimum Gasteiger partial charge on any atom is -0.361 e.